The first-order valence-corrected chi connectivity index (χ1v) is 9.25. The molecule has 2 N–H and O–H groups in total. The molecular formula is C21H16F5NO4. The summed E-state index contributed by atoms with van der Waals surface area (Å²) in [5, 5.41) is 9.83. The first-order chi connectivity index (χ1) is 14.4. The molecule has 1 heterocycles. The van der Waals surface area contributed by atoms with Gasteiger partial charge in [-0.1, -0.05) is 6.07 Å². The molecule has 0 fully saturated rings. The Morgan fingerprint density at radius 1 is 1.13 bits per heavy atom. The van der Waals surface area contributed by atoms with Crippen molar-refractivity contribution in [1.29, 1.82) is 0 Å². The molecule has 0 saturated carbocycles. The van der Waals surface area contributed by atoms with Crippen molar-refractivity contribution in [2.75, 3.05) is 0 Å². The zero-order valence-corrected chi connectivity index (χ0v) is 16.0. The molecule has 5 nitrogen and oxygen atoms in total. The van der Waals surface area contributed by atoms with E-state index in [1.165, 1.54) is 6.07 Å². The van der Waals surface area contributed by atoms with E-state index < -0.39 is 29.0 Å². The average Bonchev–Trinajstić information content (AvgIpc) is 3.22. The highest BCUT2D eigenvalue weighted by atomic mass is 19.4. The molecule has 1 aliphatic carbocycles. The predicted molar refractivity (Wildman–Crippen MR) is 98.7 cm³/mol. The lowest BCUT2D eigenvalue weighted by Crippen LogP contribution is -2.13. The summed E-state index contributed by atoms with van der Waals surface area (Å²) < 4.78 is 77.3. The van der Waals surface area contributed by atoms with E-state index in [1.807, 2.05) is 0 Å². The molecule has 0 radical (unpaired) electrons. The number of oxazole rings is 1. The van der Waals surface area contributed by atoms with E-state index in [2.05, 4.69) is 4.98 Å². The second-order valence-electron chi connectivity index (χ2n) is 7.38. The zero-order chi connectivity index (χ0) is 22.6. The number of nitrogens with one attached hydrogen (secondary N) is 1. The lowest BCUT2D eigenvalue weighted by Gasteiger charge is -2.19. The van der Waals surface area contributed by atoms with Gasteiger partial charge >= 0.3 is 11.9 Å². The Morgan fingerprint density at radius 2 is 1.87 bits per heavy atom. The first kappa shape index (κ1) is 21.0. The van der Waals surface area contributed by atoms with Crippen LogP contribution in [0.1, 0.15) is 47.3 Å². The molecule has 31 heavy (non-hydrogen) atoms. The molecule has 0 bridgehead atoms. The molecule has 0 saturated heterocycles. The van der Waals surface area contributed by atoms with Crippen LogP contribution in [0.2, 0.25) is 0 Å². The second kappa shape index (κ2) is 7.14. The number of fused-ring (bicyclic) bond motifs is 1. The van der Waals surface area contributed by atoms with E-state index in [4.69, 9.17) is 9.15 Å². The van der Waals surface area contributed by atoms with Crippen LogP contribution in [-0.4, -0.2) is 10.1 Å². The maximum absolute atomic E-state index is 14.0. The Labute approximate surface area is 172 Å². The van der Waals surface area contributed by atoms with Crippen molar-refractivity contribution in [3.05, 3.63) is 75.0 Å². The van der Waals surface area contributed by atoms with E-state index in [0.29, 0.717) is 31.9 Å². The third-order valence-corrected chi connectivity index (χ3v) is 5.17. The lowest BCUT2D eigenvalue weighted by atomic mass is 9.99. The number of benzene rings is 2. The van der Waals surface area contributed by atoms with Crippen molar-refractivity contribution in [3.8, 4) is 17.4 Å². The second-order valence-corrected chi connectivity index (χ2v) is 7.38. The maximum Gasteiger partial charge on any atom is 0.419 e. The van der Waals surface area contributed by atoms with Gasteiger partial charge in [0.1, 0.15) is 11.5 Å². The average molecular weight is 441 g/mol. The number of aromatic hydroxyl groups is 1. The predicted octanol–water partition coefficient (Wildman–Crippen LogP) is 5.67. The number of hydrogen-bond donors (Lipinski definition) is 2. The van der Waals surface area contributed by atoms with Crippen molar-refractivity contribution in [1.82, 2.24) is 4.98 Å². The quantitative estimate of drug-likeness (QED) is 0.512. The van der Waals surface area contributed by atoms with Crippen molar-refractivity contribution < 1.29 is 36.2 Å². The van der Waals surface area contributed by atoms with Gasteiger partial charge in [-0.15, -0.1) is 0 Å². The molecule has 0 amide bonds. The zero-order valence-electron chi connectivity index (χ0n) is 16.0. The van der Waals surface area contributed by atoms with Crippen LogP contribution in [0.3, 0.4) is 0 Å². The largest absolute Gasteiger partial charge is 0.492 e. The molecule has 2 aromatic carbocycles. The summed E-state index contributed by atoms with van der Waals surface area (Å²) in [6.45, 7) is 0.500. The minimum Gasteiger partial charge on any atom is -0.492 e. The van der Waals surface area contributed by atoms with Crippen molar-refractivity contribution in [3.63, 3.8) is 0 Å². The fourth-order valence-electron chi connectivity index (χ4n) is 3.76. The number of aromatic nitrogens is 1. The van der Waals surface area contributed by atoms with Crippen LogP contribution in [-0.2, 0) is 18.5 Å². The fourth-order valence-corrected chi connectivity index (χ4v) is 3.76. The minimum atomic E-state index is -4.76. The standard InChI is InChI=1S/C21H16F5NO4/c1-20(22,23)15-9-11(21(24,25)26)3-7-16(15)30-12-4-6-13-10(8-12)2-5-14(13)17-18(28)27-19(29)31-17/h3-4,6-9,14,28H,2,5H2,1H3,(H,27,29)/t14-/m1/s1. The SMILES string of the molecule is CC(F)(F)c1cc(C(F)(F)F)ccc1Oc1ccc2c(c1)CC[C@H]2c1oc(=O)[nH]c1O. The number of ether oxygens (including phenoxy) is 1. The van der Waals surface area contributed by atoms with Crippen LogP contribution in [0.25, 0.3) is 0 Å². The summed E-state index contributed by atoms with van der Waals surface area (Å²) in [7, 11) is 0. The summed E-state index contributed by atoms with van der Waals surface area (Å²) in [5.41, 5.74) is -0.526. The van der Waals surface area contributed by atoms with Crippen molar-refractivity contribution in [2.24, 2.45) is 0 Å². The van der Waals surface area contributed by atoms with Crippen LogP contribution in [0.4, 0.5) is 22.0 Å². The molecule has 0 unspecified atom stereocenters. The van der Waals surface area contributed by atoms with Crippen molar-refractivity contribution in [2.45, 2.75) is 37.8 Å². The van der Waals surface area contributed by atoms with Gasteiger partial charge < -0.3 is 14.3 Å². The molecule has 3 aromatic rings. The fraction of sp³-hybridized carbons (Fsp3) is 0.286. The van der Waals surface area contributed by atoms with E-state index in [9.17, 15) is 31.9 Å². The van der Waals surface area contributed by atoms with Gasteiger partial charge in [0.25, 0.3) is 5.92 Å². The third-order valence-electron chi connectivity index (χ3n) is 5.17. The molecule has 1 aliphatic rings. The van der Waals surface area contributed by atoms with Gasteiger partial charge in [-0.2, -0.15) is 13.2 Å². The number of halogens is 5. The summed E-state index contributed by atoms with van der Waals surface area (Å²) in [6.07, 6.45) is -3.69. The lowest BCUT2D eigenvalue weighted by molar-refractivity contribution is -0.137. The van der Waals surface area contributed by atoms with Gasteiger partial charge in [0.2, 0.25) is 5.88 Å². The van der Waals surface area contributed by atoms with E-state index in [0.717, 1.165) is 17.2 Å². The molecule has 0 aliphatic heterocycles. The molecule has 164 valence electrons. The summed E-state index contributed by atoms with van der Waals surface area (Å²) in [6, 6.07) is 6.65. The smallest absolute Gasteiger partial charge is 0.419 e. The Balaban J connectivity index is 1.66. The number of rotatable bonds is 4. The third kappa shape index (κ3) is 4.01. The highest BCUT2D eigenvalue weighted by molar-refractivity contribution is 5.48. The van der Waals surface area contributed by atoms with Crippen LogP contribution < -0.4 is 10.5 Å². The summed E-state index contributed by atoms with van der Waals surface area (Å²) in [4.78, 5) is 13.5. The van der Waals surface area contributed by atoms with Crippen LogP contribution in [0, 0.1) is 0 Å². The molecule has 1 aromatic heterocycles. The van der Waals surface area contributed by atoms with Gasteiger partial charge in [-0.3, -0.25) is 4.98 Å². The Kier molecular flexibility index (Phi) is 4.83. The molecule has 4 rings (SSSR count). The van der Waals surface area contributed by atoms with Gasteiger partial charge in [0.15, 0.2) is 5.76 Å². The number of hydrogen-bond acceptors (Lipinski definition) is 4. The highest BCUT2D eigenvalue weighted by Gasteiger charge is 2.36. The Bertz CT molecular complexity index is 1190. The van der Waals surface area contributed by atoms with Crippen LogP contribution in [0.15, 0.2) is 45.6 Å². The van der Waals surface area contributed by atoms with Crippen LogP contribution in [0.5, 0.6) is 17.4 Å². The minimum absolute atomic E-state index is 0.105. The van der Waals surface area contributed by atoms with Gasteiger partial charge in [0.05, 0.1) is 11.1 Å². The number of aryl methyl sites for hydroxylation is 1. The van der Waals surface area contributed by atoms with Crippen molar-refractivity contribution >= 4 is 0 Å². The van der Waals surface area contributed by atoms with E-state index in [1.54, 1.807) is 12.1 Å². The summed E-state index contributed by atoms with van der Waals surface area (Å²) in [5.74, 6) is -5.17. The molecular weight excluding hydrogens is 425 g/mol. The van der Waals surface area contributed by atoms with Gasteiger partial charge in [-0.05, 0) is 54.3 Å². The van der Waals surface area contributed by atoms with Gasteiger partial charge in [-0.25, -0.2) is 13.6 Å². The monoisotopic (exact) mass is 441 g/mol. The maximum atomic E-state index is 14.0. The van der Waals surface area contributed by atoms with E-state index >= 15 is 0 Å². The first-order valence-electron chi connectivity index (χ1n) is 9.25. The topological polar surface area (TPSA) is 75.5 Å². The van der Waals surface area contributed by atoms with Crippen LogP contribution >= 0.6 is 0 Å². The Morgan fingerprint density at radius 3 is 2.48 bits per heavy atom. The normalized spacial score (nSPS) is 16.4. The number of H-pyrrole nitrogens is 1. The number of alkyl halides is 5. The van der Waals surface area contributed by atoms with Gasteiger partial charge in [0, 0.05) is 12.8 Å². The molecule has 10 heteroatoms. The summed E-state index contributed by atoms with van der Waals surface area (Å²) >= 11 is 0. The number of aromatic amines is 1. The highest BCUT2D eigenvalue weighted by Crippen LogP contribution is 2.44. The Hall–Kier alpha value is -3.30. The molecule has 0 spiro atoms. The molecule has 1 atom stereocenters. The van der Waals surface area contributed by atoms with E-state index in [-0.39, 0.29) is 29.1 Å².